The number of carbonyl (C=O) groups excluding carboxylic acids is 1. The molecule has 2 saturated heterocycles. The minimum Gasteiger partial charge on any atom is -0.488 e. The van der Waals surface area contributed by atoms with Crippen molar-refractivity contribution in [3.8, 4) is 5.75 Å². The Morgan fingerprint density at radius 1 is 1.11 bits per heavy atom. The number of benzene rings is 2. The lowest BCUT2D eigenvalue weighted by Gasteiger charge is -2.35. The summed E-state index contributed by atoms with van der Waals surface area (Å²) >= 11 is 12.8. The highest BCUT2D eigenvalue weighted by atomic mass is 35.5. The van der Waals surface area contributed by atoms with Gasteiger partial charge in [-0.3, -0.25) is 4.79 Å². The van der Waals surface area contributed by atoms with E-state index in [9.17, 15) is 4.79 Å². The molecule has 3 heterocycles. The van der Waals surface area contributed by atoms with Crippen LogP contribution in [-0.4, -0.2) is 65.5 Å². The average Bonchev–Trinajstić information content (AvgIpc) is 3.51. The maximum absolute atomic E-state index is 11.6. The van der Waals surface area contributed by atoms with Crippen LogP contribution in [0.1, 0.15) is 19.4 Å². The fourth-order valence-corrected chi connectivity index (χ4v) is 5.47. The molecule has 2 atom stereocenters. The first-order valence-corrected chi connectivity index (χ1v) is 13.0. The Morgan fingerprint density at radius 3 is 2.51 bits per heavy atom. The number of aromatic nitrogens is 2. The van der Waals surface area contributed by atoms with Crippen molar-refractivity contribution >= 4 is 34.8 Å². The van der Waals surface area contributed by atoms with Gasteiger partial charge in [-0.25, -0.2) is 4.98 Å². The largest absolute Gasteiger partial charge is 0.488 e. The SMILES string of the molecule is CC(=O)N1CCN(c2ccc(OC[C@@]3(C)OC[C@](Cn4ccnc4)(c4ccc(Cl)cc4Cl)O3)cc2)CC1. The van der Waals surface area contributed by atoms with Crippen molar-refractivity contribution in [3.63, 3.8) is 0 Å². The topological polar surface area (TPSA) is 69.1 Å². The molecule has 196 valence electrons. The van der Waals surface area contributed by atoms with E-state index in [0.29, 0.717) is 16.6 Å². The third-order valence-electron chi connectivity index (χ3n) is 6.87. The first kappa shape index (κ1) is 25.9. The fraction of sp³-hybridized carbons (Fsp3) is 0.407. The summed E-state index contributed by atoms with van der Waals surface area (Å²) in [4.78, 5) is 19.9. The van der Waals surface area contributed by atoms with Gasteiger partial charge in [0.1, 0.15) is 18.0 Å². The van der Waals surface area contributed by atoms with Crippen LogP contribution in [0.5, 0.6) is 5.75 Å². The second-order valence-electron chi connectivity index (χ2n) is 9.65. The van der Waals surface area contributed by atoms with Crippen LogP contribution in [-0.2, 0) is 26.4 Å². The summed E-state index contributed by atoms with van der Waals surface area (Å²) in [5.41, 5.74) is 1.06. The van der Waals surface area contributed by atoms with Crippen LogP contribution < -0.4 is 9.64 Å². The Labute approximate surface area is 226 Å². The van der Waals surface area contributed by atoms with Gasteiger partial charge in [-0.2, -0.15) is 0 Å². The Morgan fingerprint density at radius 2 is 1.86 bits per heavy atom. The van der Waals surface area contributed by atoms with Gasteiger partial charge in [0, 0.05) is 66.8 Å². The first-order chi connectivity index (χ1) is 17.8. The summed E-state index contributed by atoms with van der Waals surface area (Å²) in [5, 5.41) is 1.07. The van der Waals surface area contributed by atoms with Crippen molar-refractivity contribution in [1.29, 1.82) is 0 Å². The molecule has 5 rings (SSSR count). The Balaban J connectivity index is 1.26. The van der Waals surface area contributed by atoms with Gasteiger partial charge >= 0.3 is 0 Å². The minimum atomic E-state index is -0.995. The molecule has 0 radical (unpaired) electrons. The van der Waals surface area contributed by atoms with Crippen LogP contribution in [0.25, 0.3) is 0 Å². The zero-order chi connectivity index (χ0) is 26.0. The van der Waals surface area contributed by atoms with Crippen molar-refractivity contribution in [2.24, 2.45) is 0 Å². The van der Waals surface area contributed by atoms with Gasteiger partial charge in [0.15, 0.2) is 0 Å². The van der Waals surface area contributed by atoms with Crippen molar-refractivity contribution in [2.45, 2.75) is 31.8 Å². The molecule has 0 N–H and O–H groups in total. The molecule has 0 spiro atoms. The molecular formula is C27H30Cl2N4O4. The number of carbonyl (C=O) groups is 1. The van der Waals surface area contributed by atoms with Crippen molar-refractivity contribution in [2.75, 3.05) is 44.3 Å². The second-order valence-corrected chi connectivity index (χ2v) is 10.5. The molecule has 1 aromatic heterocycles. The standard InChI is InChI=1S/C27H30Cl2N4O4/c1-20(34)32-11-13-33(14-12-32)22-4-6-23(7-5-22)35-17-26(2)36-18-27(37-26,16-31-10-9-30-19-31)24-8-3-21(28)15-25(24)29/h3-10,15,19H,11-14,16-18H2,1-2H3/t26-,27+/m0/s1. The molecule has 8 nitrogen and oxygen atoms in total. The van der Waals surface area contributed by atoms with Crippen molar-refractivity contribution in [3.05, 3.63) is 76.8 Å². The van der Waals surface area contributed by atoms with Gasteiger partial charge in [0.05, 0.1) is 19.5 Å². The minimum absolute atomic E-state index is 0.126. The predicted octanol–water partition coefficient (Wildman–Crippen LogP) is 4.60. The fourth-order valence-electron chi connectivity index (χ4n) is 4.89. The van der Waals surface area contributed by atoms with Crippen LogP contribution >= 0.6 is 23.2 Å². The number of halogens is 2. The number of hydrogen-bond acceptors (Lipinski definition) is 6. The molecule has 37 heavy (non-hydrogen) atoms. The van der Waals surface area contributed by atoms with E-state index in [1.807, 2.05) is 52.9 Å². The molecular weight excluding hydrogens is 515 g/mol. The van der Waals surface area contributed by atoms with E-state index in [1.54, 1.807) is 31.6 Å². The summed E-state index contributed by atoms with van der Waals surface area (Å²) in [7, 11) is 0. The van der Waals surface area contributed by atoms with Crippen LogP contribution in [0.15, 0.2) is 61.2 Å². The maximum Gasteiger partial charge on any atom is 0.219 e. The highest BCUT2D eigenvalue weighted by Gasteiger charge is 2.51. The molecule has 10 heteroatoms. The smallest absolute Gasteiger partial charge is 0.219 e. The van der Waals surface area contributed by atoms with Gasteiger partial charge in [0.25, 0.3) is 0 Å². The lowest BCUT2D eigenvalue weighted by molar-refractivity contribution is -0.196. The van der Waals surface area contributed by atoms with Crippen LogP contribution in [0, 0.1) is 0 Å². The zero-order valence-electron chi connectivity index (χ0n) is 20.9. The van der Waals surface area contributed by atoms with E-state index in [0.717, 1.165) is 43.2 Å². The molecule has 0 unspecified atom stereocenters. The Hall–Kier alpha value is -2.78. The number of ether oxygens (including phenoxy) is 3. The quantitative estimate of drug-likeness (QED) is 0.433. The summed E-state index contributed by atoms with van der Waals surface area (Å²) in [6.45, 7) is 7.53. The van der Waals surface area contributed by atoms with E-state index in [2.05, 4.69) is 9.88 Å². The zero-order valence-corrected chi connectivity index (χ0v) is 22.4. The highest BCUT2D eigenvalue weighted by Crippen LogP contribution is 2.43. The molecule has 0 saturated carbocycles. The number of piperazine rings is 1. The molecule has 2 fully saturated rings. The van der Waals surface area contributed by atoms with E-state index in [1.165, 1.54) is 0 Å². The van der Waals surface area contributed by atoms with Crippen LogP contribution in [0.2, 0.25) is 10.0 Å². The summed E-state index contributed by atoms with van der Waals surface area (Å²) in [5.74, 6) is -0.151. The van der Waals surface area contributed by atoms with Gasteiger partial charge in [-0.1, -0.05) is 29.3 Å². The first-order valence-electron chi connectivity index (χ1n) is 12.2. The average molecular weight is 545 g/mol. The van der Waals surface area contributed by atoms with E-state index in [-0.39, 0.29) is 19.1 Å². The number of rotatable bonds is 7. The monoisotopic (exact) mass is 544 g/mol. The summed E-state index contributed by atoms with van der Waals surface area (Å²) < 4.78 is 20.9. The van der Waals surface area contributed by atoms with Crippen molar-refractivity contribution < 1.29 is 19.0 Å². The van der Waals surface area contributed by atoms with Crippen LogP contribution in [0.4, 0.5) is 5.69 Å². The highest BCUT2D eigenvalue weighted by molar-refractivity contribution is 6.35. The Bertz CT molecular complexity index is 1230. The van der Waals surface area contributed by atoms with Gasteiger partial charge in [-0.15, -0.1) is 0 Å². The Kier molecular flexibility index (Phi) is 7.36. The second kappa shape index (κ2) is 10.5. The molecule has 1 amide bonds. The van der Waals surface area contributed by atoms with Crippen LogP contribution in [0.3, 0.4) is 0 Å². The normalized spacial score (nSPS) is 23.9. The predicted molar refractivity (Wildman–Crippen MR) is 142 cm³/mol. The third kappa shape index (κ3) is 5.72. The number of hydrogen-bond donors (Lipinski definition) is 0. The summed E-state index contributed by atoms with van der Waals surface area (Å²) in [6, 6.07) is 13.4. The number of nitrogens with zero attached hydrogens (tertiary/aromatic N) is 4. The molecule has 2 aliphatic rings. The van der Waals surface area contributed by atoms with E-state index < -0.39 is 11.4 Å². The lowest BCUT2D eigenvalue weighted by atomic mass is 9.94. The van der Waals surface area contributed by atoms with E-state index >= 15 is 0 Å². The number of amides is 1. The molecule has 2 aliphatic heterocycles. The number of imidazole rings is 1. The lowest BCUT2D eigenvalue weighted by Crippen LogP contribution is -2.48. The third-order valence-corrected chi connectivity index (χ3v) is 7.42. The number of anilines is 1. The van der Waals surface area contributed by atoms with Gasteiger partial charge in [0.2, 0.25) is 11.7 Å². The molecule has 0 bridgehead atoms. The molecule has 2 aromatic carbocycles. The van der Waals surface area contributed by atoms with Gasteiger partial charge in [-0.05, 0) is 43.3 Å². The molecule has 0 aliphatic carbocycles. The van der Waals surface area contributed by atoms with Gasteiger partial charge < -0.3 is 28.6 Å². The summed E-state index contributed by atoms with van der Waals surface area (Å²) in [6.07, 6.45) is 5.34. The molecule has 3 aromatic rings. The maximum atomic E-state index is 11.6. The van der Waals surface area contributed by atoms with E-state index in [4.69, 9.17) is 37.4 Å². The van der Waals surface area contributed by atoms with Crippen molar-refractivity contribution in [1.82, 2.24) is 14.5 Å².